The second kappa shape index (κ2) is 7.89. The fourth-order valence-corrected chi connectivity index (χ4v) is 2.57. The third kappa shape index (κ3) is 4.53. The smallest absolute Gasteiger partial charge is 0.229 e. The zero-order valence-electron chi connectivity index (χ0n) is 12.7. The van der Waals surface area contributed by atoms with Crippen LogP contribution in [0.3, 0.4) is 0 Å². The van der Waals surface area contributed by atoms with Gasteiger partial charge in [-0.25, -0.2) is 0 Å². The van der Waals surface area contributed by atoms with Gasteiger partial charge in [-0.15, -0.1) is 10.2 Å². The highest BCUT2D eigenvalue weighted by molar-refractivity contribution is 9.10. The highest BCUT2D eigenvalue weighted by Gasteiger charge is 2.08. The van der Waals surface area contributed by atoms with Crippen molar-refractivity contribution in [2.24, 2.45) is 0 Å². The summed E-state index contributed by atoms with van der Waals surface area (Å²) < 4.78 is 0.959. The quantitative estimate of drug-likeness (QED) is 0.856. The van der Waals surface area contributed by atoms with Crippen molar-refractivity contribution in [1.29, 1.82) is 0 Å². The monoisotopic (exact) mass is 362 g/mol. The maximum Gasteiger partial charge on any atom is 0.229 e. The predicted octanol–water partition coefficient (Wildman–Crippen LogP) is 3.27. The molecule has 0 saturated heterocycles. The summed E-state index contributed by atoms with van der Waals surface area (Å²) in [5.41, 5.74) is 0.944. The number of hydrogen-bond acceptors (Lipinski definition) is 4. The molecule has 0 unspecified atom stereocenters. The van der Waals surface area contributed by atoms with Crippen molar-refractivity contribution >= 4 is 33.5 Å². The Labute approximate surface area is 138 Å². The average molecular weight is 363 g/mol. The lowest BCUT2D eigenvalue weighted by atomic mass is 10.1. The van der Waals surface area contributed by atoms with Gasteiger partial charge in [0, 0.05) is 17.6 Å². The van der Waals surface area contributed by atoms with Crippen LogP contribution >= 0.6 is 15.9 Å². The molecule has 0 saturated carbocycles. The minimum Gasteiger partial charge on any atom is -0.356 e. The van der Waals surface area contributed by atoms with Crippen LogP contribution in [-0.4, -0.2) is 29.2 Å². The molecule has 6 heteroatoms. The number of carbonyl (C=O) groups is 1. The highest BCUT2D eigenvalue weighted by atomic mass is 79.9. The van der Waals surface area contributed by atoms with Crippen LogP contribution in [0.1, 0.15) is 19.4 Å². The fraction of sp³-hybridized carbons (Fsp3) is 0.312. The Balaban J connectivity index is 1.97. The summed E-state index contributed by atoms with van der Waals surface area (Å²) in [6.07, 6.45) is 0.304. The standard InChI is InChI=1S/C16H19BrN4O/c1-3-21(4-2)15-9-8-14(19-20-15)18-16(22)11-12-6-5-7-13(17)10-12/h5-10H,3-4,11H2,1-2H3,(H,18,19,22). The Hall–Kier alpha value is -1.95. The summed E-state index contributed by atoms with van der Waals surface area (Å²) in [5.74, 6) is 1.17. The number of halogens is 1. The van der Waals surface area contributed by atoms with E-state index < -0.39 is 0 Å². The number of nitrogens with one attached hydrogen (secondary N) is 1. The van der Waals surface area contributed by atoms with Gasteiger partial charge in [0.25, 0.3) is 0 Å². The number of anilines is 2. The van der Waals surface area contributed by atoms with Crippen LogP contribution in [0.5, 0.6) is 0 Å². The summed E-state index contributed by atoms with van der Waals surface area (Å²) in [5, 5.41) is 11.0. The van der Waals surface area contributed by atoms with Gasteiger partial charge in [0.15, 0.2) is 11.6 Å². The molecular weight excluding hydrogens is 344 g/mol. The number of hydrogen-bond donors (Lipinski definition) is 1. The van der Waals surface area contributed by atoms with Crippen molar-refractivity contribution in [3.63, 3.8) is 0 Å². The first kappa shape index (κ1) is 16.4. The predicted molar refractivity (Wildman–Crippen MR) is 92.1 cm³/mol. The van der Waals surface area contributed by atoms with Crippen molar-refractivity contribution in [1.82, 2.24) is 10.2 Å². The van der Waals surface area contributed by atoms with Crippen molar-refractivity contribution in [3.8, 4) is 0 Å². The van der Waals surface area contributed by atoms with Gasteiger partial charge >= 0.3 is 0 Å². The third-order valence-electron chi connectivity index (χ3n) is 3.26. The van der Waals surface area contributed by atoms with Gasteiger partial charge in [-0.1, -0.05) is 28.1 Å². The number of carbonyl (C=O) groups excluding carboxylic acids is 1. The molecule has 1 amide bonds. The zero-order valence-corrected chi connectivity index (χ0v) is 14.3. The zero-order chi connectivity index (χ0) is 15.9. The van der Waals surface area contributed by atoms with Crippen LogP contribution in [0.15, 0.2) is 40.9 Å². The van der Waals surface area contributed by atoms with Crippen LogP contribution in [0, 0.1) is 0 Å². The van der Waals surface area contributed by atoms with Gasteiger partial charge in [-0.05, 0) is 43.7 Å². The molecule has 2 aromatic rings. The summed E-state index contributed by atoms with van der Waals surface area (Å²) in [4.78, 5) is 14.1. The Morgan fingerprint density at radius 3 is 2.55 bits per heavy atom. The van der Waals surface area contributed by atoms with Gasteiger partial charge in [0.1, 0.15) is 0 Å². The van der Waals surface area contributed by atoms with E-state index in [2.05, 4.69) is 50.2 Å². The van der Waals surface area contributed by atoms with E-state index >= 15 is 0 Å². The van der Waals surface area contributed by atoms with E-state index in [0.29, 0.717) is 12.2 Å². The van der Waals surface area contributed by atoms with Crippen LogP contribution in [-0.2, 0) is 11.2 Å². The first-order chi connectivity index (χ1) is 10.6. The van der Waals surface area contributed by atoms with Crippen LogP contribution < -0.4 is 10.2 Å². The maximum atomic E-state index is 12.0. The Morgan fingerprint density at radius 2 is 1.95 bits per heavy atom. The first-order valence-corrected chi connectivity index (χ1v) is 8.04. The van der Waals surface area contributed by atoms with Crippen molar-refractivity contribution in [2.45, 2.75) is 20.3 Å². The lowest BCUT2D eigenvalue weighted by Gasteiger charge is -2.18. The minimum atomic E-state index is -0.108. The lowest BCUT2D eigenvalue weighted by Crippen LogP contribution is -2.23. The second-order valence-electron chi connectivity index (χ2n) is 4.80. The maximum absolute atomic E-state index is 12.0. The molecule has 0 aliphatic heterocycles. The van der Waals surface area contributed by atoms with Crippen molar-refractivity contribution in [3.05, 3.63) is 46.4 Å². The summed E-state index contributed by atoms with van der Waals surface area (Å²) in [6.45, 7) is 5.89. The molecule has 0 atom stereocenters. The van der Waals surface area contributed by atoms with E-state index in [1.54, 1.807) is 6.07 Å². The molecule has 1 aromatic carbocycles. The second-order valence-corrected chi connectivity index (χ2v) is 5.72. The number of aromatic nitrogens is 2. The molecular formula is C16H19BrN4O. The molecule has 116 valence electrons. The van der Waals surface area contributed by atoms with E-state index in [4.69, 9.17) is 0 Å². The summed E-state index contributed by atoms with van der Waals surface area (Å²) >= 11 is 3.40. The Kier molecular flexibility index (Phi) is 5.89. The Morgan fingerprint density at radius 1 is 1.18 bits per heavy atom. The van der Waals surface area contributed by atoms with Gasteiger partial charge in [-0.2, -0.15) is 0 Å². The molecule has 22 heavy (non-hydrogen) atoms. The van der Waals surface area contributed by atoms with E-state index in [1.165, 1.54) is 0 Å². The first-order valence-electron chi connectivity index (χ1n) is 7.25. The average Bonchev–Trinajstić information content (AvgIpc) is 2.50. The summed E-state index contributed by atoms with van der Waals surface area (Å²) in [7, 11) is 0. The number of nitrogens with zero attached hydrogens (tertiary/aromatic N) is 3. The molecule has 1 heterocycles. The molecule has 0 aliphatic carbocycles. The van der Waals surface area contributed by atoms with Crippen LogP contribution in [0.25, 0.3) is 0 Å². The molecule has 0 spiro atoms. The van der Waals surface area contributed by atoms with Crippen molar-refractivity contribution in [2.75, 3.05) is 23.3 Å². The highest BCUT2D eigenvalue weighted by Crippen LogP contribution is 2.14. The van der Waals surface area contributed by atoms with Gasteiger partial charge in [-0.3, -0.25) is 4.79 Å². The van der Waals surface area contributed by atoms with Gasteiger partial charge < -0.3 is 10.2 Å². The molecule has 0 bridgehead atoms. The lowest BCUT2D eigenvalue weighted by molar-refractivity contribution is -0.115. The number of benzene rings is 1. The number of amides is 1. The van der Waals surface area contributed by atoms with Crippen LogP contribution in [0.2, 0.25) is 0 Å². The molecule has 1 N–H and O–H groups in total. The van der Waals surface area contributed by atoms with Gasteiger partial charge in [0.2, 0.25) is 5.91 Å². The fourth-order valence-electron chi connectivity index (χ4n) is 2.13. The van der Waals surface area contributed by atoms with E-state index in [-0.39, 0.29) is 5.91 Å². The SMILES string of the molecule is CCN(CC)c1ccc(NC(=O)Cc2cccc(Br)c2)nn1. The van der Waals surface area contributed by atoms with E-state index in [0.717, 1.165) is 28.9 Å². The Bertz CT molecular complexity index is 626. The normalized spacial score (nSPS) is 10.3. The van der Waals surface area contributed by atoms with Crippen molar-refractivity contribution < 1.29 is 4.79 Å². The molecule has 0 radical (unpaired) electrons. The molecule has 0 aliphatic rings. The molecule has 2 rings (SSSR count). The topological polar surface area (TPSA) is 58.1 Å². The third-order valence-corrected chi connectivity index (χ3v) is 3.75. The molecule has 5 nitrogen and oxygen atoms in total. The van der Waals surface area contributed by atoms with E-state index in [1.807, 2.05) is 30.3 Å². The van der Waals surface area contributed by atoms with E-state index in [9.17, 15) is 4.79 Å². The largest absolute Gasteiger partial charge is 0.356 e. The van der Waals surface area contributed by atoms with Crippen LogP contribution in [0.4, 0.5) is 11.6 Å². The minimum absolute atomic E-state index is 0.108. The molecule has 0 fully saturated rings. The number of rotatable bonds is 6. The molecule has 1 aromatic heterocycles. The summed E-state index contributed by atoms with van der Waals surface area (Å²) in [6, 6.07) is 11.3. The van der Waals surface area contributed by atoms with Gasteiger partial charge in [0.05, 0.1) is 6.42 Å².